The smallest absolute Gasteiger partial charge is 0.115 e. The van der Waals surface area contributed by atoms with E-state index in [4.69, 9.17) is 10.8 Å². The maximum atomic E-state index is 9.11. The zero-order valence-corrected chi connectivity index (χ0v) is 7.59. The second kappa shape index (κ2) is 3.51. The number of benzene rings is 1. The first-order chi connectivity index (χ1) is 6.79. The molecule has 72 valence electrons. The number of aromatic nitrogens is 2. The van der Waals surface area contributed by atoms with E-state index in [-0.39, 0.29) is 5.75 Å². The number of rotatable bonds is 2. The van der Waals surface area contributed by atoms with Crippen molar-refractivity contribution in [1.82, 2.24) is 9.55 Å². The van der Waals surface area contributed by atoms with Crippen molar-refractivity contribution in [2.24, 2.45) is 5.73 Å². The predicted molar refractivity (Wildman–Crippen MR) is 53.1 cm³/mol. The summed E-state index contributed by atoms with van der Waals surface area (Å²) in [6.45, 7) is 0.436. The van der Waals surface area contributed by atoms with Gasteiger partial charge in [-0.2, -0.15) is 0 Å². The predicted octanol–water partition coefficient (Wildman–Crippen LogP) is 1.04. The molecule has 0 bridgehead atoms. The minimum absolute atomic E-state index is 0.257. The van der Waals surface area contributed by atoms with Gasteiger partial charge in [0.05, 0.1) is 12.0 Å². The number of hydrogen-bond donors (Lipinski definition) is 2. The van der Waals surface area contributed by atoms with Gasteiger partial charge in [-0.05, 0) is 24.3 Å². The van der Waals surface area contributed by atoms with Crippen molar-refractivity contribution in [2.75, 3.05) is 0 Å². The van der Waals surface area contributed by atoms with E-state index in [1.807, 2.05) is 22.9 Å². The van der Waals surface area contributed by atoms with Crippen LogP contribution in [0.3, 0.4) is 0 Å². The Kier molecular flexibility index (Phi) is 2.20. The van der Waals surface area contributed by atoms with Crippen LogP contribution < -0.4 is 5.73 Å². The van der Waals surface area contributed by atoms with Gasteiger partial charge in [0.2, 0.25) is 0 Å². The first-order valence-corrected chi connectivity index (χ1v) is 4.32. The lowest BCUT2D eigenvalue weighted by atomic mass is 10.3. The van der Waals surface area contributed by atoms with Gasteiger partial charge < -0.3 is 15.4 Å². The van der Waals surface area contributed by atoms with Crippen molar-refractivity contribution in [3.63, 3.8) is 0 Å². The fraction of sp³-hybridized carbons (Fsp3) is 0.100. The highest BCUT2D eigenvalue weighted by Crippen LogP contribution is 2.13. The van der Waals surface area contributed by atoms with Crippen LogP contribution >= 0.6 is 0 Å². The molecular weight excluding hydrogens is 178 g/mol. The van der Waals surface area contributed by atoms with Gasteiger partial charge >= 0.3 is 0 Å². The Labute approximate surface area is 81.6 Å². The first-order valence-electron chi connectivity index (χ1n) is 4.32. The van der Waals surface area contributed by atoms with Crippen LogP contribution in [0.2, 0.25) is 0 Å². The topological polar surface area (TPSA) is 64.1 Å². The summed E-state index contributed by atoms with van der Waals surface area (Å²) in [5, 5.41) is 9.11. The van der Waals surface area contributed by atoms with Gasteiger partial charge in [-0.15, -0.1) is 0 Å². The largest absolute Gasteiger partial charge is 0.508 e. The minimum Gasteiger partial charge on any atom is -0.508 e. The molecule has 1 aromatic heterocycles. The van der Waals surface area contributed by atoms with E-state index < -0.39 is 0 Å². The van der Waals surface area contributed by atoms with Crippen molar-refractivity contribution in [3.05, 3.63) is 42.5 Å². The zero-order valence-electron chi connectivity index (χ0n) is 7.59. The van der Waals surface area contributed by atoms with E-state index in [2.05, 4.69) is 4.98 Å². The van der Waals surface area contributed by atoms with E-state index in [0.29, 0.717) is 6.54 Å². The highest BCUT2D eigenvalue weighted by molar-refractivity contribution is 5.36. The van der Waals surface area contributed by atoms with E-state index in [1.54, 1.807) is 18.5 Å². The Balaban J connectivity index is 2.34. The van der Waals surface area contributed by atoms with Gasteiger partial charge in [0.25, 0.3) is 0 Å². The molecule has 1 heterocycles. The molecule has 0 unspecified atom stereocenters. The van der Waals surface area contributed by atoms with E-state index in [0.717, 1.165) is 11.4 Å². The number of phenolic OH excluding ortho intramolecular Hbond substituents is 1. The van der Waals surface area contributed by atoms with Crippen molar-refractivity contribution in [1.29, 1.82) is 0 Å². The Hall–Kier alpha value is -1.81. The average molecular weight is 189 g/mol. The van der Waals surface area contributed by atoms with Crippen molar-refractivity contribution in [3.8, 4) is 11.4 Å². The number of aromatic hydroxyl groups is 1. The molecule has 0 aliphatic heterocycles. The SMILES string of the molecule is NCc1cn(-c2ccc(O)cc2)cn1. The van der Waals surface area contributed by atoms with Crippen LogP contribution in [0.25, 0.3) is 5.69 Å². The molecule has 4 nitrogen and oxygen atoms in total. The number of hydrogen-bond acceptors (Lipinski definition) is 3. The van der Waals surface area contributed by atoms with Crippen molar-refractivity contribution < 1.29 is 5.11 Å². The summed E-state index contributed by atoms with van der Waals surface area (Å²) in [7, 11) is 0. The van der Waals surface area contributed by atoms with Crippen LogP contribution in [-0.4, -0.2) is 14.7 Å². The standard InChI is InChI=1S/C10H11N3O/c11-5-8-6-13(7-12-8)9-1-3-10(14)4-2-9/h1-4,6-7,14H,5,11H2. The van der Waals surface area contributed by atoms with Crippen LogP contribution in [-0.2, 0) is 6.54 Å². The highest BCUT2D eigenvalue weighted by atomic mass is 16.3. The van der Waals surface area contributed by atoms with Gasteiger partial charge in [0, 0.05) is 18.4 Å². The Morgan fingerprint density at radius 1 is 1.29 bits per heavy atom. The lowest BCUT2D eigenvalue weighted by Gasteiger charge is -2.00. The second-order valence-corrected chi connectivity index (χ2v) is 2.99. The Bertz CT molecular complexity index is 419. The molecule has 14 heavy (non-hydrogen) atoms. The number of phenols is 1. The summed E-state index contributed by atoms with van der Waals surface area (Å²) >= 11 is 0. The normalized spacial score (nSPS) is 10.4. The van der Waals surface area contributed by atoms with Gasteiger partial charge in [0.1, 0.15) is 5.75 Å². The molecule has 0 aliphatic rings. The van der Waals surface area contributed by atoms with E-state index >= 15 is 0 Å². The molecule has 0 saturated heterocycles. The third-order valence-electron chi connectivity index (χ3n) is 1.99. The summed E-state index contributed by atoms with van der Waals surface area (Å²) in [5.74, 6) is 0.257. The number of nitrogens with two attached hydrogens (primary N) is 1. The number of imidazole rings is 1. The molecule has 0 aliphatic carbocycles. The number of nitrogens with zero attached hydrogens (tertiary/aromatic N) is 2. The zero-order chi connectivity index (χ0) is 9.97. The van der Waals surface area contributed by atoms with E-state index in [1.165, 1.54) is 0 Å². The quantitative estimate of drug-likeness (QED) is 0.741. The molecule has 4 heteroatoms. The summed E-state index contributed by atoms with van der Waals surface area (Å²) in [6, 6.07) is 6.91. The van der Waals surface area contributed by atoms with Crippen LogP contribution in [0.1, 0.15) is 5.69 Å². The summed E-state index contributed by atoms with van der Waals surface area (Å²) in [6.07, 6.45) is 3.57. The molecule has 0 spiro atoms. The van der Waals surface area contributed by atoms with Crippen LogP contribution in [0.15, 0.2) is 36.8 Å². The van der Waals surface area contributed by atoms with Gasteiger partial charge in [0.15, 0.2) is 0 Å². The van der Waals surface area contributed by atoms with Gasteiger partial charge in [-0.1, -0.05) is 0 Å². The maximum absolute atomic E-state index is 9.11. The Morgan fingerprint density at radius 3 is 2.57 bits per heavy atom. The molecule has 1 aromatic carbocycles. The van der Waals surface area contributed by atoms with Crippen molar-refractivity contribution >= 4 is 0 Å². The summed E-state index contributed by atoms with van der Waals surface area (Å²) < 4.78 is 1.86. The third-order valence-corrected chi connectivity index (χ3v) is 1.99. The summed E-state index contributed by atoms with van der Waals surface area (Å²) in [5.41, 5.74) is 7.25. The van der Waals surface area contributed by atoms with Crippen LogP contribution in [0.4, 0.5) is 0 Å². The van der Waals surface area contributed by atoms with Crippen LogP contribution in [0.5, 0.6) is 5.75 Å². The minimum atomic E-state index is 0.257. The lowest BCUT2D eigenvalue weighted by Crippen LogP contribution is -1.95. The fourth-order valence-electron chi connectivity index (χ4n) is 1.23. The van der Waals surface area contributed by atoms with Crippen LogP contribution in [0, 0.1) is 0 Å². The van der Waals surface area contributed by atoms with Gasteiger partial charge in [-0.3, -0.25) is 0 Å². The second-order valence-electron chi connectivity index (χ2n) is 2.99. The molecule has 0 amide bonds. The molecule has 0 atom stereocenters. The third kappa shape index (κ3) is 1.60. The fourth-order valence-corrected chi connectivity index (χ4v) is 1.23. The average Bonchev–Trinajstić information content (AvgIpc) is 2.67. The Morgan fingerprint density at radius 2 is 2.00 bits per heavy atom. The molecule has 2 aromatic rings. The summed E-state index contributed by atoms with van der Waals surface area (Å²) in [4.78, 5) is 4.11. The van der Waals surface area contributed by atoms with Crippen molar-refractivity contribution in [2.45, 2.75) is 6.54 Å². The highest BCUT2D eigenvalue weighted by Gasteiger charge is 1.98. The molecule has 2 rings (SSSR count). The maximum Gasteiger partial charge on any atom is 0.115 e. The molecule has 3 N–H and O–H groups in total. The monoisotopic (exact) mass is 189 g/mol. The van der Waals surface area contributed by atoms with Gasteiger partial charge in [-0.25, -0.2) is 4.98 Å². The molecular formula is C10H11N3O. The van der Waals surface area contributed by atoms with E-state index in [9.17, 15) is 0 Å². The lowest BCUT2D eigenvalue weighted by molar-refractivity contribution is 0.475. The molecule has 0 fully saturated rings. The first kappa shape index (κ1) is 8.77. The molecule has 0 radical (unpaired) electrons. The molecule has 0 saturated carbocycles.